The zero-order valence-electron chi connectivity index (χ0n) is 16.8. The van der Waals surface area contributed by atoms with Gasteiger partial charge in [0.25, 0.3) is 0 Å². The van der Waals surface area contributed by atoms with E-state index in [0.717, 1.165) is 24.7 Å². The molecule has 0 aromatic heterocycles. The Bertz CT molecular complexity index is 669. The Morgan fingerprint density at radius 3 is 2.11 bits per heavy atom. The van der Waals surface area contributed by atoms with E-state index in [0.29, 0.717) is 18.4 Å². The summed E-state index contributed by atoms with van der Waals surface area (Å²) in [7, 11) is 0. The van der Waals surface area contributed by atoms with Gasteiger partial charge in [-0.25, -0.2) is 0 Å². The molecule has 154 valence electrons. The van der Waals surface area contributed by atoms with Crippen LogP contribution in [-0.2, 0) is 0 Å². The summed E-state index contributed by atoms with van der Waals surface area (Å²) in [5.41, 5.74) is 0. The van der Waals surface area contributed by atoms with Gasteiger partial charge in [-0.1, -0.05) is 12.2 Å². The first-order valence-electron chi connectivity index (χ1n) is 10.6. The van der Waals surface area contributed by atoms with Crippen molar-refractivity contribution in [3.63, 3.8) is 0 Å². The van der Waals surface area contributed by atoms with Crippen LogP contribution in [0.2, 0.25) is 0 Å². The average molecular weight is 391 g/mol. The van der Waals surface area contributed by atoms with Gasteiger partial charge in [0.05, 0.1) is 12.9 Å². The van der Waals surface area contributed by atoms with Gasteiger partial charge < -0.3 is 9.47 Å². The van der Waals surface area contributed by atoms with Gasteiger partial charge in [0, 0.05) is 0 Å². The molecule has 1 aromatic rings. The van der Waals surface area contributed by atoms with E-state index in [4.69, 9.17) is 9.47 Å². The lowest BCUT2D eigenvalue weighted by Crippen LogP contribution is -2.27. The van der Waals surface area contributed by atoms with Crippen LogP contribution in [0.25, 0.3) is 0 Å². The summed E-state index contributed by atoms with van der Waals surface area (Å²) in [5, 5.41) is 0. The van der Waals surface area contributed by atoms with Crippen LogP contribution in [0.3, 0.4) is 0 Å². The van der Waals surface area contributed by atoms with E-state index < -0.39 is 11.6 Å². The summed E-state index contributed by atoms with van der Waals surface area (Å²) >= 11 is 0. The molecule has 2 aliphatic carbocycles. The Balaban J connectivity index is 1.45. The Morgan fingerprint density at radius 2 is 1.50 bits per heavy atom. The fourth-order valence-corrected chi connectivity index (χ4v) is 4.74. The SMILES string of the molecule is C=CC1CCC(C2CCC(COc3ccc(O/C=C/C)c(F)c3F)CC2)CC1. The van der Waals surface area contributed by atoms with Crippen LogP contribution < -0.4 is 9.47 Å². The maximum atomic E-state index is 14.2. The average Bonchev–Trinajstić information content (AvgIpc) is 2.74. The topological polar surface area (TPSA) is 18.5 Å². The number of ether oxygens (including phenoxy) is 2. The standard InChI is InChI=1S/C24H32F2O2/c1-3-15-27-21-13-14-22(24(26)23(21)25)28-16-18-7-11-20(12-8-18)19-9-5-17(4-2)6-10-19/h3-4,13-15,17-20H,2,5-12,16H2,1H3/b15-3+. The second-order valence-corrected chi connectivity index (χ2v) is 8.28. The molecule has 0 heterocycles. The number of benzene rings is 1. The third-order valence-electron chi connectivity index (χ3n) is 6.52. The van der Waals surface area contributed by atoms with E-state index in [1.54, 1.807) is 13.0 Å². The van der Waals surface area contributed by atoms with Crippen molar-refractivity contribution in [1.29, 1.82) is 0 Å². The molecule has 0 unspecified atom stereocenters. The third-order valence-corrected chi connectivity index (χ3v) is 6.52. The first-order chi connectivity index (χ1) is 13.6. The molecule has 2 nitrogen and oxygen atoms in total. The van der Waals surface area contributed by atoms with E-state index in [-0.39, 0.29) is 11.5 Å². The van der Waals surface area contributed by atoms with Gasteiger partial charge >= 0.3 is 0 Å². The molecular formula is C24H32F2O2. The molecule has 28 heavy (non-hydrogen) atoms. The molecule has 0 N–H and O–H groups in total. The number of halogens is 2. The van der Waals surface area contributed by atoms with E-state index in [2.05, 4.69) is 12.7 Å². The minimum atomic E-state index is -1.01. The van der Waals surface area contributed by atoms with Crippen LogP contribution in [0.15, 0.2) is 37.1 Å². The second-order valence-electron chi connectivity index (χ2n) is 8.28. The van der Waals surface area contributed by atoms with E-state index in [1.807, 2.05) is 0 Å². The predicted octanol–water partition coefficient (Wildman–Crippen LogP) is 7.05. The monoisotopic (exact) mass is 390 g/mol. The number of rotatable bonds is 7. The van der Waals surface area contributed by atoms with Crippen LogP contribution in [0.5, 0.6) is 11.5 Å². The molecule has 0 bridgehead atoms. The molecular weight excluding hydrogens is 358 g/mol. The van der Waals surface area contributed by atoms with Crippen LogP contribution in [0, 0.1) is 35.3 Å². The van der Waals surface area contributed by atoms with E-state index >= 15 is 0 Å². The molecule has 0 radical (unpaired) electrons. The van der Waals surface area contributed by atoms with Crippen LogP contribution >= 0.6 is 0 Å². The van der Waals surface area contributed by atoms with Crippen molar-refractivity contribution in [3.8, 4) is 11.5 Å². The van der Waals surface area contributed by atoms with Crippen LogP contribution in [-0.4, -0.2) is 6.61 Å². The van der Waals surface area contributed by atoms with E-state index in [1.165, 1.54) is 56.9 Å². The van der Waals surface area contributed by atoms with Crippen molar-refractivity contribution in [1.82, 2.24) is 0 Å². The summed E-state index contributed by atoms with van der Waals surface area (Å²) in [6, 6.07) is 2.85. The molecule has 0 amide bonds. The Hall–Kier alpha value is -1.84. The maximum Gasteiger partial charge on any atom is 0.205 e. The Labute approximate surface area is 167 Å². The molecule has 0 spiro atoms. The van der Waals surface area contributed by atoms with Crippen LogP contribution in [0.4, 0.5) is 8.78 Å². The van der Waals surface area contributed by atoms with Gasteiger partial charge in [-0.05, 0) is 94.1 Å². The minimum Gasteiger partial charge on any atom is -0.490 e. The quantitative estimate of drug-likeness (QED) is 0.367. The molecule has 4 heteroatoms. The number of hydrogen-bond acceptors (Lipinski definition) is 2. The maximum absolute atomic E-state index is 14.2. The molecule has 3 rings (SSSR count). The third kappa shape index (κ3) is 5.15. The highest BCUT2D eigenvalue weighted by molar-refractivity contribution is 5.35. The zero-order chi connectivity index (χ0) is 19.9. The molecule has 2 saturated carbocycles. The molecule has 0 saturated heterocycles. The van der Waals surface area contributed by atoms with Crippen molar-refractivity contribution in [2.24, 2.45) is 23.7 Å². The molecule has 0 atom stereocenters. The second kappa shape index (κ2) is 10.1. The van der Waals surface area contributed by atoms with Crippen molar-refractivity contribution in [2.45, 2.75) is 58.3 Å². The summed E-state index contributed by atoms with van der Waals surface area (Å²) < 4.78 is 38.9. The van der Waals surface area contributed by atoms with Crippen LogP contribution in [0.1, 0.15) is 58.3 Å². The lowest BCUT2D eigenvalue weighted by atomic mass is 9.69. The fraction of sp³-hybridized carbons (Fsp3) is 0.583. The van der Waals surface area contributed by atoms with Gasteiger partial charge in [-0.2, -0.15) is 8.78 Å². The zero-order valence-corrected chi connectivity index (χ0v) is 16.8. The molecule has 2 fully saturated rings. The molecule has 2 aliphatic rings. The molecule has 1 aromatic carbocycles. The normalized spacial score (nSPS) is 28.2. The highest BCUT2D eigenvalue weighted by atomic mass is 19.2. The van der Waals surface area contributed by atoms with Gasteiger partial charge in [-0.3, -0.25) is 0 Å². The highest BCUT2D eigenvalue weighted by Crippen LogP contribution is 2.41. The summed E-state index contributed by atoms with van der Waals surface area (Å²) in [4.78, 5) is 0. The summed E-state index contributed by atoms with van der Waals surface area (Å²) in [5.74, 6) is 0.663. The fourth-order valence-electron chi connectivity index (χ4n) is 4.74. The van der Waals surface area contributed by atoms with Crippen molar-refractivity contribution >= 4 is 0 Å². The van der Waals surface area contributed by atoms with Crippen molar-refractivity contribution < 1.29 is 18.3 Å². The van der Waals surface area contributed by atoms with Gasteiger partial charge in [0.2, 0.25) is 11.6 Å². The summed E-state index contributed by atoms with van der Waals surface area (Å²) in [6.45, 7) is 6.12. The lowest BCUT2D eigenvalue weighted by Gasteiger charge is -2.37. The van der Waals surface area contributed by atoms with Gasteiger partial charge in [0.1, 0.15) is 0 Å². The first kappa shape index (κ1) is 20.9. The predicted molar refractivity (Wildman–Crippen MR) is 108 cm³/mol. The number of hydrogen-bond donors (Lipinski definition) is 0. The smallest absolute Gasteiger partial charge is 0.205 e. The van der Waals surface area contributed by atoms with Gasteiger partial charge in [0.15, 0.2) is 11.5 Å². The largest absolute Gasteiger partial charge is 0.490 e. The first-order valence-corrected chi connectivity index (χ1v) is 10.6. The summed E-state index contributed by atoms with van der Waals surface area (Å²) in [6.07, 6.45) is 15.0. The highest BCUT2D eigenvalue weighted by Gasteiger charge is 2.30. The molecule has 0 aliphatic heterocycles. The Morgan fingerprint density at radius 1 is 0.929 bits per heavy atom. The van der Waals surface area contributed by atoms with Crippen molar-refractivity contribution in [3.05, 3.63) is 48.8 Å². The van der Waals surface area contributed by atoms with Gasteiger partial charge in [-0.15, -0.1) is 6.58 Å². The minimum absolute atomic E-state index is 0.0322. The van der Waals surface area contributed by atoms with Crippen molar-refractivity contribution in [2.75, 3.05) is 6.61 Å². The Kier molecular flexibility index (Phi) is 7.52. The van der Waals surface area contributed by atoms with E-state index in [9.17, 15) is 8.78 Å². The number of allylic oxidation sites excluding steroid dienone is 2. The lowest BCUT2D eigenvalue weighted by molar-refractivity contribution is 0.127.